The standard InChI is InChI=1S/C20H30O/c1-2-3-5-9-18-13-15-19(16-14-18)10-8-17-21-20-11-6-4-7-12-20/h4,6-8,10-12,18-19H,2-3,5,9,13-17H2,1H3/b10-8+. The third-order valence-electron chi connectivity index (χ3n) is 4.61. The molecule has 0 radical (unpaired) electrons. The van der Waals surface area contributed by atoms with Crippen LogP contribution < -0.4 is 4.74 Å². The zero-order chi connectivity index (χ0) is 14.8. The van der Waals surface area contributed by atoms with Gasteiger partial charge < -0.3 is 4.74 Å². The highest BCUT2D eigenvalue weighted by atomic mass is 16.5. The fourth-order valence-corrected chi connectivity index (χ4v) is 3.26. The van der Waals surface area contributed by atoms with Crippen molar-refractivity contribution in [3.05, 3.63) is 42.5 Å². The molecular weight excluding hydrogens is 256 g/mol. The van der Waals surface area contributed by atoms with Crippen LogP contribution in [0.4, 0.5) is 0 Å². The highest BCUT2D eigenvalue weighted by Crippen LogP contribution is 2.32. The molecule has 2 rings (SSSR count). The van der Waals surface area contributed by atoms with Gasteiger partial charge in [-0.05, 0) is 49.7 Å². The van der Waals surface area contributed by atoms with Gasteiger partial charge in [0, 0.05) is 0 Å². The van der Waals surface area contributed by atoms with Crippen LogP contribution in [0.25, 0.3) is 0 Å². The van der Waals surface area contributed by atoms with Gasteiger partial charge in [-0.1, -0.05) is 63.0 Å². The lowest BCUT2D eigenvalue weighted by Crippen LogP contribution is -2.13. The number of para-hydroxylation sites is 1. The summed E-state index contributed by atoms with van der Waals surface area (Å²) in [5, 5.41) is 0. The van der Waals surface area contributed by atoms with Crippen LogP contribution >= 0.6 is 0 Å². The number of rotatable bonds is 8. The summed E-state index contributed by atoms with van der Waals surface area (Å²) < 4.78 is 5.70. The van der Waals surface area contributed by atoms with Crippen molar-refractivity contribution < 1.29 is 4.74 Å². The zero-order valence-electron chi connectivity index (χ0n) is 13.5. The van der Waals surface area contributed by atoms with E-state index in [0.717, 1.165) is 17.6 Å². The average molecular weight is 286 g/mol. The largest absolute Gasteiger partial charge is 0.490 e. The second kappa shape index (κ2) is 9.65. The van der Waals surface area contributed by atoms with Gasteiger partial charge in [0.25, 0.3) is 0 Å². The lowest BCUT2D eigenvalue weighted by Gasteiger charge is -2.26. The maximum Gasteiger partial charge on any atom is 0.119 e. The van der Waals surface area contributed by atoms with Crippen LogP contribution in [0.1, 0.15) is 58.3 Å². The van der Waals surface area contributed by atoms with Crippen molar-refractivity contribution in [3.63, 3.8) is 0 Å². The van der Waals surface area contributed by atoms with Crippen molar-refractivity contribution in [2.75, 3.05) is 6.61 Å². The summed E-state index contributed by atoms with van der Waals surface area (Å²) in [5.74, 6) is 2.75. The fourth-order valence-electron chi connectivity index (χ4n) is 3.26. The lowest BCUT2D eigenvalue weighted by atomic mass is 9.79. The summed E-state index contributed by atoms with van der Waals surface area (Å²) in [6, 6.07) is 10.1. The van der Waals surface area contributed by atoms with E-state index in [-0.39, 0.29) is 0 Å². The molecule has 0 atom stereocenters. The number of hydrogen-bond donors (Lipinski definition) is 0. The first-order valence-electron chi connectivity index (χ1n) is 8.73. The molecule has 0 heterocycles. The topological polar surface area (TPSA) is 9.23 Å². The normalized spacial score (nSPS) is 22.5. The molecule has 116 valence electrons. The molecule has 0 bridgehead atoms. The number of allylic oxidation sites excluding steroid dienone is 1. The molecule has 1 heteroatoms. The maximum atomic E-state index is 5.70. The Kier molecular flexibility index (Phi) is 7.42. The van der Waals surface area contributed by atoms with Crippen LogP contribution in [0.3, 0.4) is 0 Å². The van der Waals surface area contributed by atoms with E-state index in [2.05, 4.69) is 19.1 Å². The Bertz CT molecular complexity index is 388. The molecule has 1 aliphatic carbocycles. The predicted molar refractivity (Wildman–Crippen MR) is 90.7 cm³/mol. The molecule has 0 unspecified atom stereocenters. The van der Waals surface area contributed by atoms with Gasteiger partial charge in [0.2, 0.25) is 0 Å². The van der Waals surface area contributed by atoms with Crippen molar-refractivity contribution in [2.45, 2.75) is 58.3 Å². The molecule has 21 heavy (non-hydrogen) atoms. The van der Waals surface area contributed by atoms with Gasteiger partial charge in [-0.15, -0.1) is 0 Å². The van der Waals surface area contributed by atoms with Crippen LogP contribution in [0, 0.1) is 11.8 Å². The molecule has 1 fully saturated rings. The Hall–Kier alpha value is -1.24. The number of ether oxygens (including phenoxy) is 1. The summed E-state index contributed by atoms with van der Waals surface area (Å²) >= 11 is 0. The third kappa shape index (κ3) is 6.37. The lowest BCUT2D eigenvalue weighted by molar-refractivity contribution is 0.288. The van der Waals surface area contributed by atoms with Gasteiger partial charge >= 0.3 is 0 Å². The monoisotopic (exact) mass is 286 g/mol. The highest BCUT2D eigenvalue weighted by Gasteiger charge is 2.18. The molecule has 0 saturated heterocycles. The molecule has 0 amide bonds. The molecule has 1 aliphatic rings. The van der Waals surface area contributed by atoms with Gasteiger partial charge in [0.15, 0.2) is 0 Å². The minimum Gasteiger partial charge on any atom is -0.490 e. The summed E-state index contributed by atoms with van der Waals surface area (Å²) in [6.07, 6.45) is 15.8. The second-order valence-corrected chi connectivity index (χ2v) is 6.33. The summed E-state index contributed by atoms with van der Waals surface area (Å²) in [6.45, 7) is 2.99. The van der Waals surface area contributed by atoms with E-state index in [1.165, 1.54) is 51.4 Å². The van der Waals surface area contributed by atoms with Crippen LogP contribution in [-0.2, 0) is 0 Å². The second-order valence-electron chi connectivity index (χ2n) is 6.33. The van der Waals surface area contributed by atoms with E-state index >= 15 is 0 Å². The molecule has 1 aromatic rings. The Morgan fingerprint density at radius 3 is 2.52 bits per heavy atom. The van der Waals surface area contributed by atoms with Crippen molar-refractivity contribution in [1.29, 1.82) is 0 Å². The van der Waals surface area contributed by atoms with Crippen molar-refractivity contribution in [2.24, 2.45) is 11.8 Å². The van der Waals surface area contributed by atoms with Gasteiger partial charge in [-0.3, -0.25) is 0 Å². The van der Waals surface area contributed by atoms with Crippen molar-refractivity contribution in [3.8, 4) is 5.75 Å². The SMILES string of the molecule is CCCCCC1CCC(/C=C/COc2ccccc2)CC1. The first kappa shape index (κ1) is 16.1. The highest BCUT2D eigenvalue weighted by molar-refractivity contribution is 5.21. The first-order valence-corrected chi connectivity index (χ1v) is 8.73. The van der Waals surface area contributed by atoms with Crippen molar-refractivity contribution >= 4 is 0 Å². The molecule has 0 aliphatic heterocycles. The number of hydrogen-bond acceptors (Lipinski definition) is 1. The fraction of sp³-hybridized carbons (Fsp3) is 0.600. The predicted octanol–water partition coefficient (Wildman–Crippen LogP) is 6.01. The summed E-state index contributed by atoms with van der Waals surface area (Å²) in [5.41, 5.74) is 0. The summed E-state index contributed by atoms with van der Waals surface area (Å²) in [4.78, 5) is 0. The molecular formula is C20H30O. The van der Waals surface area contributed by atoms with Crippen LogP contribution in [0.15, 0.2) is 42.5 Å². The molecule has 0 spiro atoms. The Labute approximate surface area is 130 Å². The van der Waals surface area contributed by atoms with E-state index in [4.69, 9.17) is 4.74 Å². The third-order valence-corrected chi connectivity index (χ3v) is 4.61. The van der Waals surface area contributed by atoms with Gasteiger partial charge in [0.1, 0.15) is 12.4 Å². The first-order chi connectivity index (χ1) is 10.4. The van der Waals surface area contributed by atoms with E-state index in [1.807, 2.05) is 30.3 Å². The quantitative estimate of drug-likeness (QED) is 0.420. The maximum absolute atomic E-state index is 5.70. The zero-order valence-corrected chi connectivity index (χ0v) is 13.5. The smallest absolute Gasteiger partial charge is 0.119 e. The van der Waals surface area contributed by atoms with E-state index < -0.39 is 0 Å². The Morgan fingerprint density at radius 1 is 1.05 bits per heavy atom. The van der Waals surface area contributed by atoms with E-state index in [0.29, 0.717) is 6.61 Å². The number of benzene rings is 1. The van der Waals surface area contributed by atoms with Gasteiger partial charge in [-0.25, -0.2) is 0 Å². The average Bonchev–Trinajstić information content (AvgIpc) is 2.54. The minimum atomic E-state index is 0.695. The Balaban J connectivity index is 1.59. The van der Waals surface area contributed by atoms with E-state index in [1.54, 1.807) is 0 Å². The van der Waals surface area contributed by atoms with Crippen molar-refractivity contribution in [1.82, 2.24) is 0 Å². The molecule has 0 aromatic heterocycles. The van der Waals surface area contributed by atoms with Gasteiger partial charge in [-0.2, -0.15) is 0 Å². The van der Waals surface area contributed by atoms with Crippen LogP contribution in [0.5, 0.6) is 5.75 Å². The minimum absolute atomic E-state index is 0.695. The van der Waals surface area contributed by atoms with Crippen LogP contribution in [0.2, 0.25) is 0 Å². The molecule has 1 nitrogen and oxygen atoms in total. The molecule has 1 aromatic carbocycles. The molecule has 0 N–H and O–H groups in total. The number of unbranched alkanes of at least 4 members (excludes halogenated alkanes) is 2. The van der Waals surface area contributed by atoms with E-state index in [9.17, 15) is 0 Å². The Morgan fingerprint density at radius 2 is 1.81 bits per heavy atom. The van der Waals surface area contributed by atoms with Crippen LogP contribution in [-0.4, -0.2) is 6.61 Å². The summed E-state index contributed by atoms with van der Waals surface area (Å²) in [7, 11) is 0. The molecule has 1 saturated carbocycles. The van der Waals surface area contributed by atoms with Gasteiger partial charge in [0.05, 0.1) is 0 Å².